The van der Waals surface area contributed by atoms with E-state index in [1.54, 1.807) is 18.2 Å². The molecule has 2 rings (SSSR count). The summed E-state index contributed by atoms with van der Waals surface area (Å²) in [4.78, 5) is 14.0. The SMILES string of the molecule is CCCN1CCC(C(=O)O)(c2ccccc2F)CC1. The largest absolute Gasteiger partial charge is 0.481 e. The van der Waals surface area contributed by atoms with Gasteiger partial charge in [-0.05, 0) is 45.0 Å². The van der Waals surface area contributed by atoms with Gasteiger partial charge in [0.25, 0.3) is 0 Å². The summed E-state index contributed by atoms with van der Waals surface area (Å²) in [6.45, 7) is 4.52. The Balaban J connectivity index is 2.27. The number of piperidine rings is 1. The zero-order valence-corrected chi connectivity index (χ0v) is 11.2. The third-order valence-electron chi connectivity index (χ3n) is 4.05. The number of carbonyl (C=O) groups is 1. The third-order valence-corrected chi connectivity index (χ3v) is 4.05. The highest BCUT2D eigenvalue weighted by Crippen LogP contribution is 2.37. The Labute approximate surface area is 113 Å². The molecule has 1 N–H and O–H groups in total. The number of carboxylic acids is 1. The lowest BCUT2D eigenvalue weighted by atomic mass is 9.72. The minimum atomic E-state index is -1.06. The molecule has 0 amide bonds. The number of halogens is 1. The van der Waals surface area contributed by atoms with E-state index in [0.717, 1.165) is 13.0 Å². The minimum absolute atomic E-state index is 0.332. The van der Waals surface area contributed by atoms with Crippen molar-refractivity contribution >= 4 is 5.97 Å². The maximum atomic E-state index is 13.9. The van der Waals surface area contributed by atoms with Gasteiger partial charge in [-0.3, -0.25) is 4.79 Å². The number of rotatable bonds is 4. The van der Waals surface area contributed by atoms with Crippen LogP contribution >= 0.6 is 0 Å². The van der Waals surface area contributed by atoms with E-state index >= 15 is 0 Å². The molecule has 1 aliphatic rings. The first kappa shape index (κ1) is 14.0. The predicted octanol–water partition coefficient (Wildman–Crippen LogP) is 2.65. The molecule has 0 unspecified atom stereocenters. The van der Waals surface area contributed by atoms with Crippen LogP contribution in [0.1, 0.15) is 31.7 Å². The number of likely N-dealkylation sites (tertiary alicyclic amines) is 1. The van der Waals surface area contributed by atoms with E-state index in [0.29, 0.717) is 31.5 Å². The van der Waals surface area contributed by atoms with Gasteiger partial charge >= 0.3 is 5.97 Å². The number of aliphatic carboxylic acids is 1. The molecule has 0 saturated carbocycles. The van der Waals surface area contributed by atoms with E-state index in [1.165, 1.54) is 6.07 Å². The van der Waals surface area contributed by atoms with Gasteiger partial charge in [0.1, 0.15) is 5.82 Å². The molecule has 0 bridgehead atoms. The van der Waals surface area contributed by atoms with Crippen LogP contribution in [0.3, 0.4) is 0 Å². The molecule has 1 saturated heterocycles. The number of hydrogen-bond acceptors (Lipinski definition) is 2. The lowest BCUT2D eigenvalue weighted by Gasteiger charge is -2.39. The molecule has 0 aromatic heterocycles. The molecule has 0 radical (unpaired) electrons. The Hall–Kier alpha value is -1.42. The van der Waals surface area contributed by atoms with E-state index in [2.05, 4.69) is 11.8 Å². The molecule has 0 spiro atoms. The molecule has 0 aliphatic carbocycles. The predicted molar refractivity (Wildman–Crippen MR) is 71.7 cm³/mol. The molecule has 1 heterocycles. The first-order valence-electron chi connectivity index (χ1n) is 6.81. The fourth-order valence-electron chi connectivity index (χ4n) is 2.92. The van der Waals surface area contributed by atoms with Crippen molar-refractivity contribution in [3.05, 3.63) is 35.6 Å². The Kier molecular flexibility index (Phi) is 4.20. The van der Waals surface area contributed by atoms with E-state index in [4.69, 9.17) is 0 Å². The van der Waals surface area contributed by atoms with Gasteiger partial charge in [0, 0.05) is 5.56 Å². The topological polar surface area (TPSA) is 40.5 Å². The van der Waals surface area contributed by atoms with Crippen LogP contribution in [0.5, 0.6) is 0 Å². The second-order valence-corrected chi connectivity index (χ2v) is 5.21. The quantitative estimate of drug-likeness (QED) is 0.910. The highest BCUT2D eigenvalue weighted by molar-refractivity contribution is 5.81. The van der Waals surface area contributed by atoms with Crippen LogP contribution in [0.4, 0.5) is 4.39 Å². The molecule has 1 aromatic carbocycles. The summed E-state index contributed by atoms with van der Waals surface area (Å²) in [7, 11) is 0. The molecule has 1 aliphatic heterocycles. The van der Waals surface area contributed by atoms with E-state index < -0.39 is 17.2 Å². The van der Waals surface area contributed by atoms with Gasteiger partial charge in [-0.1, -0.05) is 25.1 Å². The van der Waals surface area contributed by atoms with Gasteiger partial charge < -0.3 is 10.0 Å². The lowest BCUT2D eigenvalue weighted by molar-refractivity contribution is -0.146. The molecule has 1 aromatic rings. The number of benzene rings is 1. The molecular formula is C15H20FNO2. The van der Waals surface area contributed by atoms with Crippen molar-refractivity contribution < 1.29 is 14.3 Å². The Morgan fingerprint density at radius 2 is 2.00 bits per heavy atom. The first-order valence-corrected chi connectivity index (χ1v) is 6.81. The highest BCUT2D eigenvalue weighted by Gasteiger charge is 2.44. The van der Waals surface area contributed by atoms with Crippen LogP contribution < -0.4 is 0 Å². The summed E-state index contributed by atoms with van der Waals surface area (Å²) in [6, 6.07) is 6.26. The summed E-state index contributed by atoms with van der Waals surface area (Å²) in [5.41, 5.74) is -0.728. The molecule has 104 valence electrons. The third kappa shape index (κ3) is 2.63. The zero-order chi connectivity index (χ0) is 13.9. The molecular weight excluding hydrogens is 245 g/mol. The summed E-state index contributed by atoms with van der Waals surface area (Å²) in [5.74, 6) is -1.32. The van der Waals surface area contributed by atoms with Gasteiger partial charge in [0.15, 0.2) is 0 Å². The van der Waals surface area contributed by atoms with Crippen LogP contribution in [0.25, 0.3) is 0 Å². The van der Waals surface area contributed by atoms with Crippen molar-refractivity contribution in [1.29, 1.82) is 0 Å². The zero-order valence-electron chi connectivity index (χ0n) is 11.2. The van der Waals surface area contributed by atoms with Crippen molar-refractivity contribution in [3.63, 3.8) is 0 Å². The number of hydrogen-bond donors (Lipinski definition) is 1. The lowest BCUT2D eigenvalue weighted by Crippen LogP contribution is -2.47. The van der Waals surface area contributed by atoms with Crippen LogP contribution in [-0.4, -0.2) is 35.6 Å². The minimum Gasteiger partial charge on any atom is -0.481 e. The smallest absolute Gasteiger partial charge is 0.314 e. The van der Waals surface area contributed by atoms with Gasteiger partial charge in [-0.25, -0.2) is 4.39 Å². The summed E-state index contributed by atoms with van der Waals surface area (Å²) < 4.78 is 13.9. The second-order valence-electron chi connectivity index (χ2n) is 5.21. The molecule has 4 heteroatoms. The molecule has 19 heavy (non-hydrogen) atoms. The van der Waals surface area contributed by atoms with Gasteiger partial charge in [-0.15, -0.1) is 0 Å². The van der Waals surface area contributed by atoms with Crippen molar-refractivity contribution in [2.75, 3.05) is 19.6 Å². The van der Waals surface area contributed by atoms with Gasteiger partial charge in [0.2, 0.25) is 0 Å². The van der Waals surface area contributed by atoms with Crippen molar-refractivity contribution in [2.45, 2.75) is 31.6 Å². The van der Waals surface area contributed by atoms with E-state index in [1.807, 2.05) is 0 Å². The molecule has 0 atom stereocenters. The Morgan fingerprint density at radius 1 is 1.37 bits per heavy atom. The van der Waals surface area contributed by atoms with Crippen LogP contribution in [0.15, 0.2) is 24.3 Å². The second kappa shape index (κ2) is 5.70. The van der Waals surface area contributed by atoms with Crippen LogP contribution in [0.2, 0.25) is 0 Å². The number of carboxylic acid groups (broad SMARTS) is 1. The summed E-state index contributed by atoms with van der Waals surface area (Å²) >= 11 is 0. The fourth-order valence-corrected chi connectivity index (χ4v) is 2.92. The van der Waals surface area contributed by atoms with E-state index in [-0.39, 0.29) is 0 Å². The normalized spacial score (nSPS) is 19.3. The van der Waals surface area contributed by atoms with E-state index in [9.17, 15) is 14.3 Å². The van der Waals surface area contributed by atoms with Gasteiger partial charge in [0.05, 0.1) is 5.41 Å². The highest BCUT2D eigenvalue weighted by atomic mass is 19.1. The van der Waals surface area contributed by atoms with Crippen molar-refractivity contribution in [3.8, 4) is 0 Å². The summed E-state index contributed by atoms with van der Waals surface area (Å²) in [5, 5.41) is 9.60. The van der Waals surface area contributed by atoms with Crippen molar-refractivity contribution in [1.82, 2.24) is 4.90 Å². The maximum absolute atomic E-state index is 13.9. The first-order chi connectivity index (χ1) is 9.10. The monoisotopic (exact) mass is 265 g/mol. The summed E-state index contributed by atoms with van der Waals surface area (Å²) in [6.07, 6.45) is 2.01. The fraction of sp³-hybridized carbons (Fsp3) is 0.533. The maximum Gasteiger partial charge on any atom is 0.314 e. The Morgan fingerprint density at radius 3 is 2.53 bits per heavy atom. The average molecular weight is 265 g/mol. The average Bonchev–Trinajstić information content (AvgIpc) is 2.41. The van der Waals surface area contributed by atoms with Crippen molar-refractivity contribution in [2.24, 2.45) is 0 Å². The molecule has 3 nitrogen and oxygen atoms in total. The number of nitrogens with zero attached hydrogens (tertiary/aromatic N) is 1. The van der Waals surface area contributed by atoms with Crippen LogP contribution in [0, 0.1) is 5.82 Å². The molecule has 1 fully saturated rings. The standard InChI is InChI=1S/C15H20FNO2/c1-2-9-17-10-7-15(8-11-17,14(18)19)12-5-3-4-6-13(12)16/h3-6H,2,7-11H2,1H3,(H,18,19). The Bertz CT molecular complexity index is 453. The van der Waals surface area contributed by atoms with Gasteiger partial charge in [-0.2, -0.15) is 0 Å². The van der Waals surface area contributed by atoms with Crippen LogP contribution in [-0.2, 0) is 10.2 Å².